The quantitative estimate of drug-likeness (QED) is 0.784. The monoisotopic (exact) mass is 201 g/mol. The molecule has 1 aromatic rings. The Morgan fingerprint density at radius 2 is 1.87 bits per heavy atom. The number of aromatic amines is 1. The molecule has 4 nitrogen and oxygen atoms in total. The van der Waals surface area contributed by atoms with Gasteiger partial charge in [0.1, 0.15) is 17.7 Å². The Labute approximate surface area is 87.8 Å². The van der Waals surface area contributed by atoms with Crippen LogP contribution in [0.15, 0.2) is 4.79 Å². The summed E-state index contributed by atoms with van der Waals surface area (Å²) in [6.07, 6.45) is 1.59. The maximum absolute atomic E-state index is 11.4. The number of aryl methyl sites for hydroxylation is 1. The molecule has 1 N–H and O–H groups in total. The number of pyridine rings is 1. The third kappa shape index (κ3) is 1.89. The molecular formula is C11H11N3O. The van der Waals surface area contributed by atoms with Crippen molar-refractivity contribution >= 4 is 0 Å². The van der Waals surface area contributed by atoms with Crippen molar-refractivity contribution in [2.24, 2.45) is 0 Å². The topological polar surface area (TPSA) is 80.4 Å². The van der Waals surface area contributed by atoms with Crippen LogP contribution in [0.2, 0.25) is 0 Å². The lowest BCUT2D eigenvalue weighted by Crippen LogP contribution is -2.17. The number of hydrogen-bond donors (Lipinski definition) is 1. The lowest BCUT2D eigenvalue weighted by Gasteiger charge is -2.06. The molecule has 0 saturated heterocycles. The van der Waals surface area contributed by atoms with Gasteiger partial charge in [0.2, 0.25) is 0 Å². The highest BCUT2D eigenvalue weighted by Crippen LogP contribution is 2.13. The van der Waals surface area contributed by atoms with Gasteiger partial charge in [0.15, 0.2) is 0 Å². The summed E-state index contributed by atoms with van der Waals surface area (Å²) in [5.41, 5.74) is 1.09. The summed E-state index contributed by atoms with van der Waals surface area (Å²) in [4.78, 5) is 14.1. The molecule has 0 saturated carbocycles. The van der Waals surface area contributed by atoms with Gasteiger partial charge in [-0.2, -0.15) is 10.5 Å². The molecule has 0 fully saturated rings. The van der Waals surface area contributed by atoms with Crippen molar-refractivity contribution in [2.45, 2.75) is 26.7 Å². The highest BCUT2D eigenvalue weighted by atomic mass is 16.1. The van der Waals surface area contributed by atoms with E-state index in [9.17, 15) is 4.79 Å². The average Bonchev–Trinajstić information content (AvgIpc) is 2.22. The van der Waals surface area contributed by atoms with Crippen LogP contribution in [-0.4, -0.2) is 4.98 Å². The van der Waals surface area contributed by atoms with Gasteiger partial charge in [-0.3, -0.25) is 4.79 Å². The number of hydrogen-bond acceptors (Lipinski definition) is 3. The first-order valence-corrected chi connectivity index (χ1v) is 4.71. The van der Waals surface area contributed by atoms with Gasteiger partial charge in [0.25, 0.3) is 5.56 Å². The standard InChI is InChI=1S/C11H11N3O/c1-3-4-10-7(2)8(5-12)9(6-13)11(15)14-10/h3-4H2,1-2H3,(H,14,15). The van der Waals surface area contributed by atoms with Gasteiger partial charge < -0.3 is 4.98 Å². The van der Waals surface area contributed by atoms with Crippen LogP contribution < -0.4 is 5.56 Å². The van der Waals surface area contributed by atoms with Crippen LogP contribution >= 0.6 is 0 Å². The third-order valence-electron chi connectivity index (χ3n) is 2.29. The molecule has 0 radical (unpaired) electrons. The van der Waals surface area contributed by atoms with Crippen molar-refractivity contribution in [3.05, 3.63) is 32.7 Å². The van der Waals surface area contributed by atoms with E-state index in [-0.39, 0.29) is 11.1 Å². The van der Waals surface area contributed by atoms with Crippen molar-refractivity contribution in [1.29, 1.82) is 10.5 Å². The minimum absolute atomic E-state index is 0.0881. The molecule has 0 unspecified atom stereocenters. The van der Waals surface area contributed by atoms with Crippen molar-refractivity contribution in [3.63, 3.8) is 0 Å². The van der Waals surface area contributed by atoms with Crippen molar-refractivity contribution in [3.8, 4) is 12.1 Å². The summed E-state index contributed by atoms with van der Waals surface area (Å²) in [6.45, 7) is 3.74. The van der Waals surface area contributed by atoms with Crippen molar-refractivity contribution in [1.82, 2.24) is 4.98 Å². The first-order chi connectivity index (χ1) is 7.15. The third-order valence-corrected chi connectivity index (χ3v) is 2.29. The Hall–Kier alpha value is -2.07. The summed E-state index contributed by atoms with van der Waals surface area (Å²) < 4.78 is 0. The lowest BCUT2D eigenvalue weighted by molar-refractivity contribution is 0.860. The van der Waals surface area contributed by atoms with Crippen LogP contribution in [0.4, 0.5) is 0 Å². The summed E-state index contributed by atoms with van der Waals surface area (Å²) in [5, 5.41) is 17.6. The van der Waals surface area contributed by atoms with E-state index in [1.54, 1.807) is 13.0 Å². The van der Waals surface area contributed by atoms with Gasteiger partial charge in [-0.05, 0) is 18.9 Å². The molecular weight excluding hydrogens is 190 g/mol. The zero-order valence-corrected chi connectivity index (χ0v) is 8.72. The van der Waals surface area contributed by atoms with Crippen LogP contribution in [0.25, 0.3) is 0 Å². The molecule has 1 aromatic heterocycles. The Bertz CT molecular complexity index is 514. The first kappa shape index (κ1) is 11.0. The van der Waals surface area contributed by atoms with Gasteiger partial charge in [-0.1, -0.05) is 13.3 Å². The van der Waals surface area contributed by atoms with Gasteiger partial charge in [-0.25, -0.2) is 0 Å². The second-order valence-electron chi connectivity index (χ2n) is 3.28. The number of rotatable bonds is 2. The second kappa shape index (κ2) is 4.43. The highest BCUT2D eigenvalue weighted by Gasteiger charge is 2.13. The minimum atomic E-state index is -0.469. The van der Waals surface area contributed by atoms with E-state index >= 15 is 0 Å². The zero-order chi connectivity index (χ0) is 11.4. The average molecular weight is 201 g/mol. The summed E-state index contributed by atoms with van der Waals surface area (Å²) in [7, 11) is 0. The van der Waals surface area contributed by atoms with Crippen LogP contribution in [-0.2, 0) is 6.42 Å². The first-order valence-electron chi connectivity index (χ1n) is 4.71. The summed E-state index contributed by atoms with van der Waals surface area (Å²) in [6, 6.07) is 3.67. The van der Waals surface area contributed by atoms with Crippen LogP contribution in [0.3, 0.4) is 0 Å². The number of nitrogens with zero attached hydrogens (tertiary/aromatic N) is 2. The van der Waals surface area contributed by atoms with Crippen LogP contribution in [0, 0.1) is 29.6 Å². The molecule has 4 heteroatoms. The molecule has 0 bridgehead atoms. The van der Waals surface area contributed by atoms with Crippen molar-refractivity contribution in [2.75, 3.05) is 0 Å². The van der Waals surface area contributed by atoms with E-state index in [2.05, 4.69) is 4.98 Å². The van der Waals surface area contributed by atoms with Gasteiger partial charge >= 0.3 is 0 Å². The summed E-state index contributed by atoms with van der Waals surface area (Å²) in [5.74, 6) is 0. The highest BCUT2D eigenvalue weighted by molar-refractivity contribution is 5.50. The maximum Gasteiger partial charge on any atom is 0.267 e. The number of nitrogens with one attached hydrogen (secondary N) is 1. The van der Waals surface area contributed by atoms with E-state index in [1.165, 1.54) is 0 Å². The van der Waals surface area contributed by atoms with E-state index in [1.807, 2.05) is 13.0 Å². The molecule has 0 aliphatic heterocycles. The van der Waals surface area contributed by atoms with E-state index in [0.29, 0.717) is 12.0 Å². The Morgan fingerprint density at radius 3 is 2.33 bits per heavy atom. The predicted octanol–water partition coefficient (Wildman–Crippen LogP) is 1.38. The van der Waals surface area contributed by atoms with Crippen molar-refractivity contribution < 1.29 is 0 Å². The van der Waals surface area contributed by atoms with Gasteiger partial charge in [0, 0.05) is 5.69 Å². The molecule has 1 heterocycles. The van der Waals surface area contributed by atoms with Crippen LogP contribution in [0.1, 0.15) is 35.7 Å². The lowest BCUT2D eigenvalue weighted by atomic mass is 10.0. The Morgan fingerprint density at radius 1 is 1.27 bits per heavy atom. The van der Waals surface area contributed by atoms with Gasteiger partial charge in [0.05, 0.1) is 5.56 Å². The minimum Gasteiger partial charge on any atom is -0.325 e. The molecule has 0 aromatic carbocycles. The van der Waals surface area contributed by atoms with E-state index in [4.69, 9.17) is 10.5 Å². The maximum atomic E-state index is 11.4. The molecule has 15 heavy (non-hydrogen) atoms. The molecule has 0 aliphatic rings. The Balaban J connectivity index is 3.56. The predicted molar refractivity (Wildman–Crippen MR) is 55.2 cm³/mol. The number of aromatic nitrogens is 1. The molecule has 0 spiro atoms. The molecule has 0 amide bonds. The number of H-pyrrole nitrogens is 1. The smallest absolute Gasteiger partial charge is 0.267 e. The number of nitriles is 2. The molecule has 0 aliphatic carbocycles. The van der Waals surface area contributed by atoms with Crippen LogP contribution in [0.5, 0.6) is 0 Å². The molecule has 1 rings (SSSR count). The largest absolute Gasteiger partial charge is 0.325 e. The van der Waals surface area contributed by atoms with E-state index in [0.717, 1.165) is 12.1 Å². The zero-order valence-electron chi connectivity index (χ0n) is 8.72. The van der Waals surface area contributed by atoms with Gasteiger partial charge in [-0.15, -0.1) is 0 Å². The Kier molecular flexibility index (Phi) is 3.25. The summed E-state index contributed by atoms with van der Waals surface area (Å²) >= 11 is 0. The fourth-order valence-electron chi connectivity index (χ4n) is 1.49. The van der Waals surface area contributed by atoms with E-state index < -0.39 is 5.56 Å². The molecule has 76 valence electrons. The fourth-order valence-corrected chi connectivity index (χ4v) is 1.49. The molecule has 0 atom stereocenters. The second-order valence-corrected chi connectivity index (χ2v) is 3.28. The fraction of sp³-hybridized carbons (Fsp3) is 0.364. The normalized spacial score (nSPS) is 9.33. The SMILES string of the molecule is CCCc1[nH]c(=O)c(C#N)c(C#N)c1C.